The van der Waals surface area contributed by atoms with Crippen LogP contribution in [-0.2, 0) is 7.05 Å². The number of halogens is 1. The van der Waals surface area contributed by atoms with Crippen molar-refractivity contribution < 1.29 is 13.8 Å². The van der Waals surface area contributed by atoms with Crippen molar-refractivity contribution in [3.05, 3.63) is 52.7 Å². The predicted octanol–water partition coefficient (Wildman–Crippen LogP) is 3.23. The second kappa shape index (κ2) is 6.02. The van der Waals surface area contributed by atoms with E-state index in [4.69, 9.17) is 4.42 Å². The van der Waals surface area contributed by atoms with Crippen LogP contribution in [0.1, 0.15) is 41.4 Å². The lowest BCUT2D eigenvalue weighted by Gasteiger charge is -2.34. The van der Waals surface area contributed by atoms with E-state index in [2.05, 4.69) is 28.2 Å². The van der Waals surface area contributed by atoms with Gasteiger partial charge in [-0.25, -0.2) is 4.57 Å². The molecule has 0 aliphatic carbocycles. The Bertz CT molecular complexity index is 653. The van der Waals surface area contributed by atoms with E-state index in [-0.39, 0.29) is 11.9 Å². The number of piperidine rings is 1. The van der Waals surface area contributed by atoms with Crippen LogP contribution >= 0.6 is 15.9 Å². The predicted molar refractivity (Wildman–Crippen MR) is 81.7 cm³/mol. The molecule has 5 heteroatoms. The molecule has 1 amide bonds. The van der Waals surface area contributed by atoms with E-state index in [1.807, 2.05) is 28.8 Å². The number of hydrogen-bond acceptors (Lipinski definition) is 2. The Morgan fingerprint density at radius 2 is 2.24 bits per heavy atom. The highest BCUT2D eigenvalue weighted by molar-refractivity contribution is 9.10. The number of nitrogens with zero attached hydrogens (tertiary/aromatic N) is 2. The van der Waals surface area contributed by atoms with E-state index in [1.165, 1.54) is 5.56 Å². The molecule has 0 aromatic carbocycles. The van der Waals surface area contributed by atoms with Gasteiger partial charge in [-0.2, -0.15) is 0 Å². The Kier molecular flexibility index (Phi) is 4.10. The number of likely N-dealkylation sites (tertiary alicyclic amines) is 1. The fraction of sp³-hybridized carbons (Fsp3) is 0.375. The Morgan fingerprint density at radius 3 is 2.95 bits per heavy atom. The average molecular weight is 350 g/mol. The summed E-state index contributed by atoms with van der Waals surface area (Å²) in [5.74, 6) is 0.367. The van der Waals surface area contributed by atoms with Crippen molar-refractivity contribution in [2.45, 2.75) is 25.3 Å². The molecule has 3 rings (SSSR count). The van der Waals surface area contributed by atoms with Crippen LogP contribution in [0, 0.1) is 0 Å². The van der Waals surface area contributed by atoms with E-state index in [9.17, 15) is 4.79 Å². The summed E-state index contributed by atoms with van der Waals surface area (Å²) < 4.78 is 8.04. The second-order valence-corrected chi connectivity index (χ2v) is 6.20. The van der Waals surface area contributed by atoms with Crippen molar-refractivity contribution in [3.8, 4) is 0 Å². The molecule has 2 aromatic heterocycles. The number of pyridine rings is 1. The van der Waals surface area contributed by atoms with Crippen LogP contribution in [-0.4, -0.2) is 17.4 Å². The Balaban J connectivity index is 1.89. The number of aryl methyl sites for hydroxylation is 1. The molecule has 2 aromatic rings. The third kappa shape index (κ3) is 3.02. The van der Waals surface area contributed by atoms with Crippen molar-refractivity contribution in [2.75, 3.05) is 6.54 Å². The molecule has 0 unspecified atom stereocenters. The number of aromatic nitrogens is 1. The third-order valence-electron chi connectivity index (χ3n) is 3.90. The molecule has 1 aliphatic rings. The van der Waals surface area contributed by atoms with E-state index in [1.54, 1.807) is 12.1 Å². The van der Waals surface area contributed by atoms with Crippen LogP contribution < -0.4 is 4.57 Å². The number of hydrogen-bond donors (Lipinski definition) is 0. The van der Waals surface area contributed by atoms with Gasteiger partial charge in [0.05, 0.1) is 6.04 Å². The third-order valence-corrected chi connectivity index (χ3v) is 4.32. The Morgan fingerprint density at radius 1 is 1.38 bits per heavy atom. The van der Waals surface area contributed by atoms with Gasteiger partial charge in [0.15, 0.2) is 22.8 Å². The summed E-state index contributed by atoms with van der Waals surface area (Å²) in [6.45, 7) is 0.778. The summed E-state index contributed by atoms with van der Waals surface area (Å²) in [4.78, 5) is 14.6. The van der Waals surface area contributed by atoms with Crippen LogP contribution in [0.4, 0.5) is 0 Å². The van der Waals surface area contributed by atoms with Gasteiger partial charge in [0.2, 0.25) is 0 Å². The molecule has 0 spiro atoms. The lowest BCUT2D eigenvalue weighted by atomic mass is 9.96. The first kappa shape index (κ1) is 14.3. The summed E-state index contributed by atoms with van der Waals surface area (Å²) in [5, 5.41) is 0. The molecule has 4 nitrogen and oxygen atoms in total. The van der Waals surface area contributed by atoms with E-state index in [0.717, 1.165) is 25.8 Å². The molecule has 0 N–H and O–H groups in total. The molecule has 1 atom stereocenters. The van der Waals surface area contributed by atoms with Crippen LogP contribution in [0.25, 0.3) is 0 Å². The minimum atomic E-state index is -0.0306. The van der Waals surface area contributed by atoms with Gasteiger partial charge in [-0.1, -0.05) is 0 Å². The molecular weight excluding hydrogens is 332 g/mol. The zero-order valence-corrected chi connectivity index (χ0v) is 13.5. The van der Waals surface area contributed by atoms with Gasteiger partial charge < -0.3 is 9.32 Å². The van der Waals surface area contributed by atoms with Crippen molar-refractivity contribution in [1.29, 1.82) is 0 Å². The zero-order valence-electron chi connectivity index (χ0n) is 12.0. The zero-order chi connectivity index (χ0) is 14.8. The SMILES string of the molecule is C[n+]1cccc([C@H]2CCCCN2C(=O)c2ccc(Br)o2)c1. The first-order valence-electron chi connectivity index (χ1n) is 7.16. The lowest BCUT2D eigenvalue weighted by Crippen LogP contribution is -2.39. The summed E-state index contributed by atoms with van der Waals surface area (Å²) in [6.07, 6.45) is 7.28. The normalized spacial score (nSPS) is 18.8. The smallest absolute Gasteiger partial charge is 0.290 e. The van der Waals surface area contributed by atoms with Crippen molar-refractivity contribution >= 4 is 21.8 Å². The molecule has 1 saturated heterocycles. The Hall–Kier alpha value is -1.62. The van der Waals surface area contributed by atoms with E-state index in [0.29, 0.717) is 10.4 Å². The molecule has 1 aliphatic heterocycles. The van der Waals surface area contributed by atoms with Crippen LogP contribution in [0.15, 0.2) is 45.7 Å². The van der Waals surface area contributed by atoms with Crippen LogP contribution in [0.2, 0.25) is 0 Å². The first-order valence-corrected chi connectivity index (χ1v) is 7.96. The van der Waals surface area contributed by atoms with Crippen LogP contribution in [0.3, 0.4) is 0 Å². The van der Waals surface area contributed by atoms with Gasteiger partial charge in [0.1, 0.15) is 7.05 Å². The summed E-state index contributed by atoms with van der Waals surface area (Å²) in [7, 11) is 2.00. The maximum Gasteiger partial charge on any atom is 0.290 e. The summed E-state index contributed by atoms with van der Waals surface area (Å²) in [6, 6.07) is 7.73. The van der Waals surface area contributed by atoms with Gasteiger partial charge in [0.25, 0.3) is 5.91 Å². The molecule has 1 fully saturated rings. The minimum Gasteiger partial charge on any atom is -0.444 e. The number of carbonyl (C=O) groups excluding carboxylic acids is 1. The molecule has 3 heterocycles. The number of carbonyl (C=O) groups is 1. The highest BCUT2D eigenvalue weighted by Gasteiger charge is 2.31. The number of rotatable bonds is 2. The standard InChI is InChI=1S/C16H18BrN2O2/c1-18-9-4-5-12(11-18)13-6-2-3-10-19(13)16(20)14-7-8-15(17)21-14/h4-5,7-9,11,13H,2-3,6,10H2,1H3/q+1/t13-/m1/s1. The molecule has 0 saturated carbocycles. The van der Waals surface area contributed by atoms with Gasteiger partial charge in [0, 0.05) is 18.2 Å². The highest BCUT2D eigenvalue weighted by atomic mass is 79.9. The summed E-state index contributed by atoms with van der Waals surface area (Å²) in [5.41, 5.74) is 1.18. The number of amides is 1. The quantitative estimate of drug-likeness (QED) is 0.780. The summed E-state index contributed by atoms with van der Waals surface area (Å²) >= 11 is 3.25. The maximum absolute atomic E-state index is 12.7. The van der Waals surface area contributed by atoms with Crippen LogP contribution in [0.5, 0.6) is 0 Å². The molecule has 0 radical (unpaired) electrons. The molecular formula is C16H18BrN2O2+. The molecule has 0 bridgehead atoms. The first-order chi connectivity index (χ1) is 10.1. The van der Waals surface area contributed by atoms with Gasteiger partial charge >= 0.3 is 0 Å². The number of furan rings is 1. The second-order valence-electron chi connectivity index (χ2n) is 5.42. The fourth-order valence-corrected chi connectivity index (χ4v) is 3.21. The maximum atomic E-state index is 12.7. The largest absolute Gasteiger partial charge is 0.444 e. The van der Waals surface area contributed by atoms with Gasteiger partial charge in [-0.3, -0.25) is 4.79 Å². The fourth-order valence-electron chi connectivity index (χ4n) is 2.90. The average Bonchev–Trinajstić information content (AvgIpc) is 2.93. The lowest BCUT2D eigenvalue weighted by molar-refractivity contribution is -0.672. The monoisotopic (exact) mass is 349 g/mol. The molecule has 110 valence electrons. The Labute approximate surface area is 132 Å². The highest BCUT2D eigenvalue weighted by Crippen LogP contribution is 2.32. The van der Waals surface area contributed by atoms with Gasteiger partial charge in [-0.05, 0) is 53.4 Å². The topological polar surface area (TPSA) is 37.3 Å². The minimum absolute atomic E-state index is 0.0306. The molecule has 21 heavy (non-hydrogen) atoms. The van der Waals surface area contributed by atoms with Crippen molar-refractivity contribution in [2.24, 2.45) is 7.05 Å². The van der Waals surface area contributed by atoms with E-state index >= 15 is 0 Å². The van der Waals surface area contributed by atoms with Crippen molar-refractivity contribution in [1.82, 2.24) is 4.90 Å². The van der Waals surface area contributed by atoms with E-state index < -0.39 is 0 Å². The van der Waals surface area contributed by atoms with Gasteiger partial charge in [-0.15, -0.1) is 0 Å². The van der Waals surface area contributed by atoms with Crippen molar-refractivity contribution in [3.63, 3.8) is 0 Å².